The fourth-order valence-electron chi connectivity index (χ4n) is 0.970. The van der Waals surface area contributed by atoms with Crippen LogP contribution in [0.4, 0.5) is 5.82 Å². The summed E-state index contributed by atoms with van der Waals surface area (Å²) in [5.41, 5.74) is 0.479. The maximum Gasteiger partial charge on any atom is 0.186 e. The number of rotatable bonds is 3. The Kier molecular flexibility index (Phi) is 1.96. The molecule has 1 N–H and O–H groups in total. The fourth-order valence-corrected chi connectivity index (χ4v) is 1.65. The van der Waals surface area contributed by atoms with E-state index in [2.05, 4.69) is 21.0 Å². The average molecular weight is 204 g/mol. The molecule has 1 aromatic heterocycles. The maximum absolute atomic E-state index is 5.76. The van der Waals surface area contributed by atoms with Crippen LogP contribution in [0.25, 0.3) is 0 Å². The Morgan fingerprint density at radius 2 is 2.33 bits per heavy atom. The second-order valence-corrected chi connectivity index (χ2v) is 4.45. The van der Waals surface area contributed by atoms with Gasteiger partial charge in [0.05, 0.1) is 11.7 Å². The normalized spacial score (nSPS) is 19.2. The number of aromatic nitrogens is 2. The fraction of sp³-hybridized carbons (Fsp3) is 0.714. The molecule has 0 atom stereocenters. The molecule has 3 nitrogen and oxygen atoms in total. The number of anilines is 1. The summed E-state index contributed by atoms with van der Waals surface area (Å²) in [5.74, 6) is 0.731. The predicted molar refractivity (Wildman–Crippen MR) is 50.7 cm³/mol. The topological polar surface area (TPSA) is 37.8 Å². The third kappa shape index (κ3) is 1.69. The van der Waals surface area contributed by atoms with Crippen molar-refractivity contribution in [3.8, 4) is 0 Å². The van der Waals surface area contributed by atoms with Crippen LogP contribution >= 0.6 is 23.3 Å². The Balaban J connectivity index is 1.91. The lowest BCUT2D eigenvalue weighted by Gasteiger charge is -2.07. The van der Waals surface area contributed by atoms with Gasteiger partial charge in [-0.2, -0.15) is 8.75 Å². The van der Waals surface area contributed by atoms with Crippen molar-refractivity contribution in [3.05, 3.63) is 5.15 Å². The molecule has 1 heterocycles. The second kappa shape index (κ2) is 2.85. The minimum atomic E-state index is 0.479. The molecule has 66 valence electrons. The van der Waals surface area contributed by atoms with Crippen LogP contribution in [0.2, 0.25) is 5.15 Å². The van der Waals surface area contributed by atoms with Gasteiger partial charge in [-0.25, -0.2) is 0 Å². The number of hydrogen-bond donors (Lipinski definition) is 1. The summed E-state index contributed by atoms with van der Waals surface area (Å²) in [6.45, 7) is 3.21. The minimum Gasteiger partial charge on any atom is -0.366 e. The average Bonchev–Trinajstić information content (AvgIpc) is 2.61. The standard InChI is InChI=1S/C7H10ClN3S/c1-7(2-3-7)4-9-6-5(8)10-12-11-6/h2-4H2,1H3,(H,9,11). The highest BCUT2D eigenvalue weighted by atomic mass is 35.5. The van der Waals surface area contributed by atoms with Crippen molar-refractivity contribution < 1.29 is 0 Å². The first-order valence-corrected chi connectivity index (χ1v) is 5.02. The predicted octanol–water partition coefficient (Wildman–Crippen LogP) is 2.40. The van der Waals surface area contributed by atoms with Crippen molar-refractivity contribution in [1.82, 2.24) is 8.75 Å². The van der Waals surface area contributed by atoms with E-state index in [0.717, 1.165) is 24.1 Å². The first-order valence-electron chi connectivity index (χ1n) is 3.92. The van der Waals surface area contributed by atoms with E-state index >= 15 is 0 Å². The van der Waals surface area contributed by atoms with Crippen LogP contribution < -0.4 is 5.32 Å². The highest BCUT2D eigenvalue weighted by Crippen LogP contribution is 2.44. The molecule has 0 saturated heterocycles. The zero-order valence-electron chi connectivity index (χ0n) is 6.80. The van der Waals surface area contributed by atoms with Gasteiger partial charge in [-0.1, -0.05) is 18.5 Å². The smallest absolute Gasteiger partial charge is 0.186 e. The molecule has 1 aliphatic rings. The van der Waals surface area contributed by atoms with Gasteiger partial charge in [-0.15, -0.1) is 0 Å². The van der Waals surface area contributed by atoms with Crippen LogP contribution in [-0.4, -0.2) is 15.3 Å². The van der Waals surface area contributed by atoms with Crippen molar-refractivity contribution in [2.24, 2.45) is 5.41 Å². The molecular weight excluding hydrogens is 194 g/mol. The lowest BCUT2D eigenvalue weighted by molar-refractivity contribution is 0.610. The molecule has 0 amide bonds. The van der Waals surface area contributed by atoms with Gasteiger partial charge in [0, 0.05) is 6.54 Å². The van der Waals surface area contributed by atoms with Crippen molar-refractivity contribution in [1.29, 1.82) is 0 Å². The molecule has 2 rings (SSSR count). The van der Waals surface area contributed by atoms with Crippen molar-refractivity contribution in [2.75, 3.05) is 11.9 Å². The summed E-state index contributed by atoms with van der Waals surface area (Å²) in [4.78, 5) is 0. The third-order valence-electron chi connectivity index (χ3n) is 2.23. The van der Waals surface area contributed by atoms with Crippen LogP contribution in [0.5, 0.6) is 0 Å². The summed E-state index contributed by atoms with van der Waals surface area (Å²) in [6, 6.07) is 0. The lowest BCUT2D eigenvalue weighted by atomic mass is 10.1. The van der Waals surface area contributed by atoms with E-state index in [4.69, 9.17) is 11.6 Å². The van der Waals surface area contributed by atoms with E-state index in [-0.39, 0.29) is 0 Å². The Morgan fingerprint density at radius 3 is 2.83 bits per heavy atom. The molecular formula is C7H10ClN3S. The van der Waals surface area contributed by atoms with Crippen LogP contribution in [0.15, 0.2) is 0 Å². The molecule has 5 heteroatoms. The number of nitrogens with one attached hydrogen (secondary N) is 1. The molecule has 1 aliphatic carbocycles. The quantitative estimate of drug-likeness (QED) is 0.820. The van der Waals surface area contributed by atoms with E-state index in [1.165, 1.54) is 12.8 Å². The molecule has 0 radical (unpaired) electrons. The summed E-state index contributed by atoms with van der Waals surface area (Å²) in [7, 11) is 0. The number of halogens is 1. The summed E-state index contributed by atoms with van der Waals surface area (Å²) in [5, 5.41) is 3.69. The first kappa shape index (κ1) is 8.26. The van der Waals surface area contributed by atoms with Gasteiger partial charge in [-0.3, -0.25) is 0 Å². The largest absolute Gasteiger partial charge is 0.366 e. The van der Waals surface area contributed by atoms with E-state index in [9.17, 15) is 0 Å². The maximum atomic E-state index is 5.76. The minimum absolute atomic E-state index is 0.479. The zero-order valence-corrected chi connectivity index (χ0v) is 8.37. The second-order valence-electron chi connectivity index (χ2n) is 3.57. The van der Waals surface area contributed by atoms with E-state index < -0.39 is 0 Å². The molecule has 1 aromatic rings. The van der Waals surface area contributed by atoms with E-state index in [0.29, 0.717) is 10.6 Å². The van der Waals surface area contributed by atoms with Gasteiger partial charge in [0.2, 0.25) is 0 Å². The molecule has 0 aromatic carbocycles. The zero-order chi connectivity index (χ0) is 8.60. The van der Waals surface area contributed by atoms with Gasteiger partial charge >= 0.3 is 0 Å². The number of hydrogen-bond acceptors (Lipinski definition) is 4. The Labute approximate surface area is 80.5 Å². The lowest BCUT2D eigenvalue weighted by Crippen LogP contribution is -2.11. The Bertz CT molecular complexity index is 282. The molecule has 0 bridgehead atoms. The van der Waals surface area contributed by atoms with Crippen molar-refractivity contribution in [3.63, 3.8) is 0 Å². The van der Waals surface area contributed by atoms with Crippen molar-refractivity contribution in [2.45, 2.75) is 19.8 Å². The summed E-state index contributed by atoms with van der Waals surface area (Å²) < 4.78 is 7.91. The molecule has 0 spiro atoms. The first-order chi connectivity index (χ1) is 5.70. The summed E-state index contributed by atoms with van der Waals surface area (Å²) in [6.07, 6.45) is 2.60. The van der Waals surface area contributed by atoms with Gasteiger partial charge < -0.3 is 5.32 Å². The van der Waals surface area contributed by atoms with E-state index in [1.54, 1.807) is 0 Å². The Morgan fingerprint density at radius 1 is 1.58 bits per heavy atom. The molecule has 12 heavy (non-hydrogen) atoms. The molecule has 1 fully saturated rings. The molecule has 1 saturated carbocycles. The van der Waals surface area contributed by atoms with Gasteiger partial charge in [0.1, 0.15) is 0 Å². The van der Waals surface area contributed by atoms with Gasteiger partial charge in [-0.05, 0) is 18.3 Å². The summed E-state index contributed by atoms with van der Waals surface area (Å²) >= 11 is 6.91. The number of nitrogens with zero attached hydrogens (tertiary/aromatic N) is 2. The van der Waals surface area contributed by atoms with E-state index in [1.807, 2.05) is 0 Å². The third-order valence-corrected chi connectivity index (χ3v) is 3.13. The van der Waals surface area contributed by atoms with Gasteiger partial charge in [0.15, 0.2) is 11.0 Å². The highest BCUT2D eigenvalue weighted by molar-refractivity contribution is 6.99. The molecule has 0 aliphatic heterocycles. The Hall–Kier alpha value is -0.350. The van der Waals surface area contributed by atoms with Gasteiger partial charge in [0.25, 0.3) is 0 Å². The van der Waals surface area contributed by atoms with Crippen LogP contribution in [0, 0.1) is 5.41 Å². The van der Waals surface area contributed by atoms with Crippen molar-refractivity contribution >= 4 is 29.1 Å². The van der Waals surface area contributed by atoms with Crippen LogP contribution in [-0.2, 0) is 0 Å². The van der Waals surface area contributed by atoms with Crippen LogP contribution in [0.1, 0.15) is 19.8 Å². The monoisotopic (exact) mass is 203 g/mol. The van der Waals surface area contributed by atoms with Crippen LogP contribution in [0.3, 0.4) is 0 Å². The highest BCUT2D eigenvalue weighted by Gasteiger charge is 2.37. The molecule has 0 unspecified atom stereocenters. The SMILES string of the molecule is CC1(CNc2nsnc2Cl)CC1.